The van der Waals surface area contributed by atoms with Gasteiger partial charge in [-0.1, -0.05) is 24.6 Å². The van der Waals surface area contributed by atoms with Crippen molar-refractivity contribution in [2.75, 3.05) is 25.9 Å². The van der Waals surface area contributed by atoms with Gasteiger partial charge in [0.25, 0.3) is 0 Å². The number of amides is 2. The number of fused-ring (bicyclic) bond motifs is 5. The van der Waals surface area contributed by atoms with E-state index >= 15 is 4.39 Å². The van der Waals surface area contributed by atoms with Gasteiger partial charge in [-0.3, -0.25) is 0 Å². The van der Waals surface area contributed by atoms with Crippen molar-refractivity contribution in [2.45, 2.75) is 57.5 Å². The zero-order chi connectivity index (χ0) is 26.0. The Balaban J connectivity index is 1.80. The number of carbonyl (C=O) groups excluding carboxylic acids is 1. The number of sulfonamides is 1. The first-order valence-corrected chi connectivity index (χ1v) is 14.0. The fourth-order valence-electron chi connectivity index (χ4n) is 5.21. The number of carbonyl (C=O) groups is 1. The molecule has 6 nitrogen and oxygen atoms in total. The molecule has 4 rings (SSSR count). The lowest BCUT2D eigenvalue weighted by Gasteiger charge is -2.32. The molecule has 2 atom stereocenters. The first-order chi connectivity index (χ1) is 17.1. The Hall–Kier alpha value is -2.59. The van der Waals surface area contributed by atoms with Crippen molar-refractivity contribution < 1.29 is 26.4 Å². The minimum absolute atomic E-state index is 0.0588. The van der Waals surface area contributed by atoms with Crippen LogP contribution in [0, 0.1) is 17.5 Å². The lowest BCUT2D eigenvalue weighted by atomic mass is 9.92. The monoisotopic (exact) mass is 523 g/mol. The van der Waals surface area contributed by atoms with Crippen LogP contribution >= 0.6 is 0 Å². The summed E-state index contributed by atoms with van der Waals surface area (Å²) in [6.07, 6.45) is 2.78. The Morgan fingerprint density at radius 2 is 1.83 bits per heavy atom. The maximum atomic E-state index is 15.9. The van der Waals surface area contributed by atoms with E-state index in [4.69, 9.17) is 0 Å². The average molecular weight is 524 g/mol. The van der Waals surface area contributed by atoms with Crippen molar-refractivity contribution in [1.82, 2.24) is 14.5 Å². The standard InChI is InChI=1S/C26H32F3N3O3S/c1-3-36(34,35)30-23-11-13-32-24(23)14-17-8-7-10-20(25(17)29)21-15-18(27)16-22(28)19(21)9-5-4-6-12-31(2)26(32)33/h7-8,10,15-16,23-24,30H,3-6,9,11-14H2,1-2H3. The summed E-state index contributed by atoms with van der Waals surface area (Å²) < 4.78 is 72.3. The van der Waals surface area contributed by atoms with Gasteiger partial charge in [-0.15, -0.1) is 0 Å². The Bertz CT molecular complexity index is 1240. The predicted octanol–water partition coefficient (Wildman–Crippen LogP) is 4.47. The van der Waals surface area contributed by atoms with E-state index in [9.17, 15) is 22.0 Å². The molecule has 1 fully saturated rings. The van der Waals surface area contributed by atoms with Crippen LogP contribution in [0.15, 0.2) is 30.3 Å². The molecule has 2 aromatic rings. The molecular formula is C26H32F3N3O3S. The summed E-state index contributed by atoms with van der Waals surface area (Å²) in [5.41, 5.74) is 0.796. The Labute approximate surface area is 210 Å². The van der Waals surface area contributed by atoms with E-state index in [1.807, 2.05) is 0 Å². The summed E-state index contributed by atoms with van der Waals surface area (Å²) >= 11 is 0. The van der Waals surface area contributed by atoms with Gasteiger partial charge in [-0.05, 0) is 61.8 Å². The second kappa shape index (κ2) is 10.8. The zero-order valence-electron chi connectivity index (χ0n) is 20.6. The van der Waals surface area contributed by atoms with E-state index in [-0.39, 0.29) is 40.5 Å². The number of urea groups is 1. The van der Waals surface area contributed by atoms with Crippen LogP contribution in [0.5, 0.6) is 0 Å². The fourth-order valence-corrected chi connectivity index (χ4v) is 6.11. The van der Waals surface area contributed by atoms with Gasteiger partial charge >= 0.3 is 6.03 Å². The number of hydrogen-bond donors (Lipinski definition) is 1. The quantitative estimate of drug-likeness (QED) is 0.645. The molecule has 2 amide bonds. The number of rotatable bonds is 3. The van der Waals surface area contributed by atoms with Crippen molar-refractivity contribution in [2.24, 2.45) is 0 Å². The molecule has 2 heterocycles. The van der Waals surface area contributed by atoms with Gasteiger partial charge in [0, 0.05) is 37.8 Å². The summed E-state index contributed by atoms with van der Waals surface area (Å²) in [6.45, 7) is 2.35. The first-order valence-electron chi connectivity index (χ1n) is 12.4. The molecule has 2 aliphatic rings. The molecule has 2 aromatic carbocycles. The topological polar surface area (TPSA) is 69.7 Å². The number of nitrogens with one attached hydrogen (secondary N) is 1. The molecule has 10 heteroatoms. The maximum absolute atomic E-state index is 15.9. The van der Waals surface area contributed by atoms with E-state index in [0.29, 0.717) is 45.2 Å². The molecule has 2 aliphatic heterocycles. The lowest BCUT2D eigenvalue weighted by molar-refractivity contribution is 0.154. The number of halogens is 3. The molecular weight excluding hydrogens is 491 g/mol. The van der Waals surface area contributed by atoms with Gasteiger partial charge in [0.1, 0.15) is 17.5 Å². The second-order valence-electron chi connectivity index (χ2n) is 9.59. The molecule has 36 heavy (non-hydrogen) atoms. The second-order valence-corrected chi connectivity index (χ2v) is 11.6. The van der Waals surface area contributed by atoms with Crippen LogP contribution in [0.3, 0.4) is 0 Å². The van der Waals surface area contributed by atoms with Gasteiger partial charge in [0.2, 0.25) is 10.0 Å². The summed E-state index contributed by atoms with van der Waals surface area (Å²) in [5, 5.41) is 0. The van der Waals surface area contributed by atoms with Gasteiger partial charge in [0.15, 0.2) is 0 Å². The molecule has 0 radical (unpaired) electrons. The summed E-state index contributed by atoms with van der Waals surface area (Å²) in [7, 11) is -1.86. The highest BCUT2D eigenvalue weighted by Crippen LogP contribution is 2.34. The smallest absolute Gasteiger partial charge is 0.320 e. The largest absolute Gasteiger partial charge is 0.328 e. The molecule has 0 aromatic heterocycles. The van der Waals surface area contributed by atoms with Gasteiger partial charge < -0.3 is 9.80 Å². The minimum Gasteiger partial charge on any atom is -0.328 e. The zero-order valence-corrected chi connectivity index (χ0v) is 21.4. The summed E-state index contributed by atoms with van der Waals surface area (Å²) in [5.74, 6) is -2.22. The molecule has 196 valence electrons. The van der Waals surface area contributed by atoms with Crippen LogP contribution in [0.2, 0.25) is 0 Å². The van der Waals surface area contributed by atoms with Crippen LogP contribution in [0.4, 0.5) is 18.0 Å². The van der Waals surface area contributed by atoms with Crippen molar-refractivity contribution in [3.63, 3.8) is 0 Å². The van der Waals surface area contributed by atoms with Gasteiger partial charge in [0.05, 0.1) is 11.8 Å². The third kappa shape index (κ3) is 5.54. The highest BCUT2D eigenvalue weighted by atomic mass is 32.2. The Kier molecular flexibility index (Phi) is 7.94. The SMILES string of the molecule is CCS(=O)(=O)NC1CCN2C(=O)N(C)CCCCCc3c(F)cc(F)cc3-c3cccc(c3F)CC12. The normalized spacial score (nSPS) is 21.5. The third-order valence-electron chi connectivity index (χ3n) is 7.21. The molecule has 0 saturated carbocycles. The Morgan fingerprint density at radius 3 is 2.58 bits per heavy atom. The molecule has 1 N–H and O–H groups in total. The maximum Gasteiger partial charge on any atom is 0.320 e. The summed E-state index contributed by atoms with van der Waals surface area (Å²) in [4.78, 5) is 16.5. The van der Waals surface area contributed by atoms with Crippen LogP contribution in [-0.2, 0) is 22.9 Å². The predicted molar refractivity (Wildman–Crippen MR) is 133 cm³/mol. The van der Waals surface area contributed by atoms with Crippen molar-refractivity contribution in [3.05, 3.63) is 58.9 Å². The molecule has 2 bridgehead atoms. The van der Waals surface area contributed by atoms with Crippen molar-refractivity contribution in [3.8, 4) is 11.1 Å². The molecule has 1 saturated heterocycles. The van der Waals surface area contributed by atoms with Crippen LogP contribution in [0.25, 0.3) is 11.1 Å². The highest BCUT2D eigenvalue weighted by molar-refractivity contribution is 7.89. The van der Waals surface area contributed by atoms with Crippen LogP contribution < -0.4 is 4.72 Å². The lowest BCUT2D eigenvalue weighted by Crippen LogP contribution is -2.51. The van der Waals surface area contributed by atoms with E-state index in [2.05, 4.69) is 4.72 Å². The number of hydrogen-bond acceptors (Lipinski definition) is 3. The highest BCUT2D eigenvalue weighted by Gasteiger charge is 2.40. The average Bonchev–Trinajstić information content (AvgIpc) is 3.21. The van der Waals surface area contributed by atoms with E-state index in [0.717, 1.165) is 12.1 Å². The Morgan fingerprint density at radius 1 is 1.06 bits per heavy atom. The third-order valence-corrected chi connectivity index (χ3v) is 8.63. The van der Waals surface area contributed by atoms with E-state index in [1.54, 1.807) is 29.0 Å². The molecule has 0 spiro atoms. The number of nitrogens with zero attached hydrogens (tertiary/aromatic N) is 2. The fraction of sp³-hybridized carbons (Fsp3) is 0.500. The van der Waals surface area contributed by atoms with Crippen molar-refractivity contribution >= 4 is 16.1 Å². The van der Waals surface area contributed by atoms with Crippen LogP contribution in [-0.4, -0.2) is 62.2 Å². The minimum atomic E-state index is -3.56. The van der Waals surface area contributed by atoms with E-state index < -0.39 is 39.6 Å². The number of benzene rings is 2. The van der Waals surface area contributed by atoms with E-state index in [1.165, 1.54) is 13.0 Å². The van der Waals surface area contributed by atoms with Gasteiger partial charge in [-0.2, -0.15) is 0 Å². The van der Waals surface area contributed by atoms with Crippen LogP contribution in [0.1, 0.15) is 43.7 Å². The first kappa shape index (κ1) is 26.5. The van der Waals surface area contributed by atoms with Gasteiger partial charge in [-0.25, -0.2) is 31.1 Å². The van der Waals surface area contributed by atoms with Crippen molar-refractivity contribution in [1.29, 1.82) is 0 Å². The summed E-state index contributed by atoms with van der Waals surface area (Å²) in [6, 6.07) is 5.25. The molecule has 0 aliphatic carbocycles. The molecule has 2 unspecified atom stereocenters.